The number of unbranched alkanes of at least 4 members (excludes halogenated alkanes) is 6. The first-order valence-corrected chi connectivity index (χ1v) is 18.0. The smallest absolute Gasteiger partial charge is 0.308 e. The van der Waals surface area contributed by atoms with Crippen molar-refractivity contribution < 1.29 is 72.8 Å². The van der Waals surface area contributed by atoms with Crippen molar-refractivity contribution in [3.05, 3.63) is 0 Å². The zero-order valence-electron chi connectivity index (χ0n) is 30.6. The molecule has 2 aliphatic rings. The summed E-state index contributed by atoms with van der Waals surface area (Å²) in [6.07, 6.45) is -6.26. The van der Waals surface area contributed by atoms with Gasteiger partial charge in [0.15, 0.2) is 24.4 Å². The van der Waals surface area contributed by atoms with E-state index in [1.807, 2.05) is 0 Å². The van der Waals surface area contributed by atoms with E-state index in [9.17, 15) is 39.6 Å². The van der Waals surface area contributed by atoms with Crippen molar-refractivity contribution in [3.8, 4) is 0 Å². The lowest BCUT2D eigenvalue weighted by Crippen LogP contribution is -2.65. The number of aliphatic hydroxyl groups is 4. The molecule has 15 nitrogen and oxygen atoms in total. The third-order valence-electron chi connectivity index (χ3n) is 8.50. The molecule has 290 valence electrons. The molecule has 0 aliphatic carbocycles. The SMILES string of the molecule is CCCCCCCCCC(=O)O[C@@H]1[C@@H](O[C@@]2(CO)O[C@@H](CO)[C@@H](O)[C@H]2OC(=O)CC(C)C)O[C@@H](CO)[C@@H](OC(=O)C(C)C)[C@H]1OC(=O)C(C)C. The molecule has 2 saturated heterocycles. The van der Waals surface area contributed by atoms with Crippen LogP contribution in [0.5, 0.6) is 0 Å². The number of hydrogen-bond acceptors (Lipinski definition) is 15. The minimum atomic E-state index is -2.39. The van der Waals surface area contributed by atoms with Crippen LogP contribution in [-0.4, -0.2) is 119 Å². The fourth-order valence-corrected chi connectivity index (χ4v) is 5.63. The second-order valence-corrected chi connectivity index (χ2v) is 14.1. The first-order valence-electron chi connectivity index (χ1n) is 18.0. The van der Waals surface area contributed by atoms with Crippen molar-refractivity contribution in [1.82, 2.24) is 0 Å². The summed E-state index contributed by atoms with van der Waals surface area (Å²) in [7, 11) is 0. The zero-order chi connectivity index (χ0) is 37.6. The lowest BCUT2D eigenvalue weighted by molar-refractivity contribution is -0.384. The van der Waals surface area contributed by atoms with Crippen molar-refractivity contribution in [3.63, 3.8) is 0 Å². The van der Waals surface area contributed by atoms with Crippen molar-refractivity contribution >= 4 is 23.9 Å². The maximum atomic E-state index is 13.3. The van der Waals surface area contributed by atoms with Gasteiger partial charge in [-0.25, -0.2) is 0 Å². The van der Waals surface area contributed by atoms with E-state index < -0.39 is 110 Å². The molecule has 15 heteroatoms. The number of esters is 4. The Balaban J connectivity index is 2.55. The van der Waals surface area contributed by atoms with Gasteiger partial charge < -0.3 is 53.6 Å². The molecule has 0 bridgehead atoms. The summed E-state index contributed by atoms with van der Waals surface area (Å²) in [5.41, 5.74) is 0. The predicted octanol–water partition coefficient (Wildman–Crippen LogP) is 2.31. The van der Waals surface area contributed by atoms with Crippen molar-refractivity contribution in [2.24, 2.45) is 17.8 Å². The number of hydrogen-bond donors (Lipinski definition) is 4. The van der Waals surface area contributed by atoms with E-state index in [0.717, 1.165) is 38.5 Å². The number of carbonyl (C=O) groups excluding carboxylic acids is 4. The van der Waals surface area contributed by atoms with E-state index in [1.54, 1.807) is 41.5 Å². The highest BCUT2D eigenvalue weighted by molar-refractivity contribution is 5.73. The third-order valence-corrected chi connectivity index (χ3v) is 8.50. The minimum Gasteiger partial charge on any atom is -0.455 e. The summed E-state index contributed by atoms with van der Waals surface area (Å²) < 4.78 is 40.8. The maximum absolute atomic E-state index is 13.3. The first-order chi connectivity index (χ1) is 23.6. The summed E-state index contributed by atoms with van der Waals surface area (Å²) in [5, 5.41) is 42.0. The van der Waals surface area contributed by atoms with Crippen LogP contribution in [0.2, 0.25) is 0 Å². The van der Waals surface area contributed by atoms with Crippen molar-refractivity contribution in [2.75, 3.05) is 19.8 Å². The maximum Gasteiger partial charge on any atom is 0.308 e. The Morgan fingerprint density at radius 1 is 0.700 bits per heavy atom. The molecule has 2 heterocycles. The van der Waals surface area contributed by atoms with Gasteiger partial charge in [0.05, 0.1) is 25.0 Å². The molecule has 2 fully saturated rings. The van der Waals surface area contributed by atoms with Gasteiger partial charge >= 0.3 is 23.9 Å². The van der Waals surface area contributed by atoms with Crippen LogP contribution in [0.4, 0.5) is 0 Å². The largest absolute Gasteiger partial charge is 0.455 e. The highest BCUT2D eigenvalue weighted by Crippen LogP contribution is 2.40. The van der Waals surface area contributed by atoms with E-state index in [2.05, 4.69) is 6.92 Å². The molecule has 0 spiro atoms. The summed E-state index contributed by atoms with van der Waals surface area (Å²) in [5.74, 6) is -6.78. The lowest BCUT2D eigenvalue weighted by atomic mass is 9.97. The van der Waals surface area contributed by atoms with Crippen LogP contribution in [-0.2, 0) is 52.3 Å². The summed E-state index contributed by atoms with van der Waals surface area (Å²) in [6.45, 7) is 9.35. The van der Waals surface area contributed by atoms with Gasteiger partial charge in [0.25, 0.3) is 0 Å². The van der Waals surface area contributed by atoms with Gasteiger partial charge in [0.2, 0.25) is 12.1 Å². The molecular formula is C35H60O15. The van der Waals surface area contributed by atoms with Crippen molar-refractivity contribution in [1.29, 1.82) is 0 Å². The molecule has 2 rings (SSSR count). The van der Waals surface area contributed by atoms with Crippen LogP contribution in [0.1, 0.15) is 106 Å². The highest BCUT2D eigenvalue weighted by atomic mass is 16.8. The van der Waals surface area contributed by atoms with Gasteiger partial charge in [0, 0.05) is 12.8 Å². The van der Waals surface area contributed by atoms with E-state index in [1.165, 1.54) is 0 Å². The summed E-state index contributed by atoms with van der Waals surface area (Å²) >= 11 is 0. The molecule has 0 radical (unpaired) electrons. The molecule has 0 aromatic heterocycles. The topological polar surface area (TPSA) is 214 Å². The van der Waals surface area contributed by atoms with E-state index in [4.69, 9.17) is 33.2 Å². The zero-order valence-corrected chi connectivity index (χ0v) is 30.6. The van der Waals surface area contributed by atoms with Crippen LogP contribution < -0.4 is 0 Å². The van der Waals surface area contributed by atoms with Gasteiger partial charge in [-0.15, -0.1) is 0 Å². The highest BCUT2D eigenvalue weighted by Gasteiger charge is 2.62. The lowest BCUT2D eigenvalue weighted by Gasteiger charge is -2.46. The third kappa shape index (κ3) is 12.4. The molecule has 0 unspecified atom stereocenters. The van der Waals surface area contributed by atoms with Crippen LogP contribution in [0.3, 0.4) is 0 Å². The van der Waals surface area contributed by atoms with Gasteiger partial charge in [-0.05, 0) is 12.3 Å². The molecule has 2 aliphatic heterocycles. The Labute approximate surface area is 295 Å². The monoisotopic (exact) mass is 720 g/mol. The van der Waals surface area contributed by atoms with Crippen LogP contribution in [0, 0.1) is 17.8 Å². The Morgan fingerprint density at radius 3 is 1.78 bits per heavy atom. The minimum absolute atomic E-state index is 0.0237. The predicted molar refractivity (Wildman–Crippen MR) is 176 cm³/mol. The Bertz CT molecular complexity index is 1060. The van der Waals surface area contributed by atoms with E-state index in [0.29, 0.717) is 6.42 Å². The molecular weight excluding hydrogens is 660 g/mol. The van der Waals surface area contributed by atoms with E-state index >= 15 is 0 Å². The normalized spacial score (nSPS) is 29.7. The second-order valence-electron chi connectivity index (χ2n) is 14.1. The fourth-order valence-electron chi connectivity index (χ4n) is 5.63. The Hall–Kier alpha value is -2.40. The number of ether oxygens (including phenoxy) is 7. The van der Waals surface area contributed by atoms with Gasteiger partial charge in [-0.2, -0.15) is 0 Å². The molecule has 9 atom stereocenters. The summed E-state index contributed by atoms with van der Waals surface area (Å²) in [4.78, 5) is 52.0. The molecule has 0 amide bonds. The fraction of sp³-hybridized carbons (Fsp3) is 0.886. The number of aliphatic hydroxyl groups excluding tert-OH is 4. The van der Waals surface area contributed by atoms with Crippen molar-refractivity contribution in [2.45, 2.75) is 161 Å². The average Bonchev–Trinajstić information content (AvgIpc) is 3.32. The second kappa shape index (κ2) is 21.2. The van der Waals surface area contributed by atoms with Crippen LogP contribution in [0.15, 0.2) is 0 Å². The van der Waals surface area contributed by atoms with Crippen LogP contribution in [0.25, 0.3) is 0 Å². The van der Waals surface area contributed by atoms with E-state index in [-0.39, 0.29) is 18.8 Å². The summed E-state index contributed by atoms with van der Waals surface area (Å²) in [6, 6.07) is 0. The number of rotatable bonds is 21. The average molecular weight is 721 g/mol. The van der Waals surface area contributed by atoms with Crippen LogP contribution >= 0.6 is 0 Å². The van der Waals surface area contributed by atoms with Gasteiger partial charge in [-0.3, -0.25) is 19.2 Å². The molecule has 0 aromatic rings. The molecule has 0 aromatic carbocycles. The first kappa shape index (κ1) is 43.8. The molecule has 4 N–H and O–H groups in total. The quantitative estimate of drug-likeness (QED) is 0.0761. The number of carbonyl (C=O) groups is 4. The Morgan fingerprint density at radius 2 is 1.26 bits per heavy atom. The van der Waals surface area contributed by atoms with Gasteiger partial charge in [-0.1, -0.05) is 87.0 Å². The standard InChI is InChI=1S/C35H60O15/c1-8-9-10-11-12-13-14-15-25(39)45-30-29(48-33(43)22(6)7)28(47-32(42)21(4)5)24(18-37)44-34(30)50-35(19-38)31(27(41)23(17-36)49-35)46-26(40)16-20(2)3/h20-24,27-31,34,36-38,41H,8-19H2,1-7H3/t23-,24-,27+,28+,29+,30-,31+,34+,35+/m0/s1. The van der Waals surface area contributed by atoms with Gasteiger partial charge in [0.1, 0.15) is 24.9 Å². The molecule has 50 heavy (non-hydrogen) atoms. The Kier molecular flexibility index (Phi) is 18.6. The molecule has 0 saturated carbocycles.